The van der Waals surface area contributed by atoms with E-state index in [1.54, 1.807) is 18.4 Å². The van der Waals surface area contributed by atoms with Crippen molar-refractivity contribution in [1.29, 1.82) is 0 Å². The lowest BCUT2D eigenvalue weighted by Gasteiger charge is -2.36. The van der Waals surface area contributed by atoms with Gasteiger partial charge in [-0.25, -0.2) is 4.39 Å². The Balaban J connectivity index is 1.31. The van der Waals surface area contributed by atoms with Crippen LogP contribution < -0.4 is 4.90 Å². The van der Waals surface area contributed by atoms with Crippen LogP contribution in [0.2, 0.25) is 0 Å². The Morgan fingerprint density at radius 3 is 2.48 bits per heavy atom. The third-order valence-corrected chi connectivity index (χ3v) is 5.71. The van der Waals surface area contributed by atoms with Crippen LogP contribution in [0.15, 0.2) is 71.3 Å². The molecule has 1 aromatic heterocycles. The van der Waals surface area contributed by atoms with E-state index in [0.29, 0.717) is 19.5 Å². The molecule has 5 heteroatoms. The minimum absolute atomic E-state index is 0.111. The van der Waals surface area contributed by atoms with Gasteiger partial charge in [0.2, 0.25) is 5.91 Å². The van der Waals surface area contributed by atoms with Crippen molar-refractivity contribution in [3.8, 4) is 0 Å². The number of amides is 1. The number of anilines is 1. The Morgan fingerprint density at radius 1 is 0.931 bits per heavy atom. The largest absolute Gasteiger partial charge is 0.464 e. The number of benzene rings is 3. The molecule has 1 saturated heterocycles. The van der Waals surface area contributed by atoms with Crippen molar-refractivity contribution in [3.63, 3.8) is 0 Å². The van der Waals surface area contributed by atoms with Gasteiger partial charge in [0.1, 0.15) is 11.4 Å². The summed E-state index contributed by atoms with van der Waals surface area (Å²) < 4.78 is 18.9. The molecule has 0 radical (unpaired) electrons. The van der Waals surface area contributed by atoms with Gasteiger partial charge in [-0.1, -0.05) is 30.3 Å². The van der Waals surface area contributed by atoms with Crippen molar-refractivity contribution < 1.29 is 13.6 Å². The van der Waals surface area contributed by atoms with E-state index in [0.717, 1.165) is 46.1 Å². The van der Waals surface area contributed by atoms with E-state index in [1.165, 1.54) is 12.1 Å². The maximum Gasteiger partial charge on any atom is 0.227 e. The molecule has 1 fully saturated rings. The molecule has 0 aliphatic carbocycles. The molecule has 0 saturated carbocycles. The zero-order chi connectivity index (χ0) is 19.8. The predicted octanol–water partition coefficient (Wildman–Crippen LogP) is 4.62. The van der Waals surface area contributed by atoms with E-state index in [1.807, 2.05) is 29.2 Å². The molecule has 0 spiro atoms. The van der Waals surface area contributed by atoms with Crippen LogP contribution in [0.3, 0.4) is 0 Å². The molecule has 5 rings (SSSR count). The normalized spacial score (nSPS) is 14.7. The monoisotopic (exact) mass is 388 g/mol. The highest BCUT2D eigenvalue weighted by Crippen LogP contribution is 2.30. The average Bonchev–Trinajstić information content (AvgIpc) is 3.18. The molecule has 0 unspecified atom stereocenters. The lowest BCUT2D eigenvalue weighted by Crippen LogP contribution is -2.49. The van der Waals surface area contributed by atoms with Gasteiger partial charge in [0.05, 0.1) is 12.7 Å². The Morgan fingerprint density at radius 2 is 1.69 bits per heavy atom. The van der Waals surface area contributed by atoms with Crippen LogP contribution in [-0.2, 0) is 11.2 Å². The highest BCUT2D eigenvalue weighted by atomic mass is 19.1. The molecule has 2 heterocycles. The molecule has 1 aliphatic rings. The number of carbonyl (C=O) groups is 1. The van der Waals surface area contributed by atoms with Crippen molar-refractivity contribution in [2.24, 2.45) is 0 Å². The molecule has 0 N–H and O–H groups in total. The van der Waals surface area contributed by atoms with Gasteiger partial charge in [0, 0.05) is 42.8 Å². The first kappa shape index (κ1) is 17.7. The van der Waals surface area contributed by atoms with Crippen LogP contribution in [0, 0.1) is 5.82 Å². The fourth-order valence-corrected chi connectivity index (χ4v) is 4.15. The summed E-state index contributed by atoms with van der Waals surface area (Å²) in [5, 5.41) is 3.28. The second-order valence-corrected chi connectivity index (χ2v) is 7.44. The van der Waals surface area contributed by atoms with E-state index in [9.17, 15) is 9.18 Å². The zero-order valence-corrected chi connectivity index (χ0v) is 16.0. The standard InChI is InChI=1S/C24H21FN2O2/c25-19-6-8-20(9-7-19)26-11-13-27(14-12-26)23(28)15-18-16-29-22-10-5-17-3-1-2-4-21(17)24(18)22/h1-10,16H,11-15H2. The first-order valence-corrected chi connectivity index (χ1v) is 9.85. The maximum absolute atomic E-state index is 13.1. The molecule has 4 aromatic rings. The topological polar surface area (TPSA) is 36.7 Å². The van der Waals surface area contributed by atoms with Gasteiger partial charge in [-0.05, 0) is 41.1 Å². The fourth-order valence-electron chi connectivity index (χ4n) is 4.15. The molecule has 4 nitrogen and oxygen atoms in total. The van der Waals surface area contributed by atoms with Crippen molar-refractivity contribution in [2.75, 3.05) is 31.1 Å². The molecule has 1 amide bonds. The number of fused-ring (bicyclic) bond motifs is 3. The van der Waals surface area contributed by atoms with Gasteiger partial charge in [-0.2, -0.15) is 0 Å². The minimum Gasteiger partial charge on any atom is -0.464 e. The summed E-state index contributed by atoms with van der Waals surface area (Å²) in [6.45, 7) is 2.80. The summed E-state index contributed by atoms with van der Waals surface area (Å²) in [7, 11) is 0. The van der Waals surface area contributed by atoms with Crippen LogP contribution in [0.5, 0.6) is 0 Å². The van der Waals surface area contributed by atoms with Gasteiger partial charge in [0.15, 0.2) is 0 Å². The highest BCUT2D eigenvalue weighted by Gasteiger charge is 2.23. The quantitative estimate of drug-likeness (QED) is 0.514. The lowest BCUT2D eigenvalue weighted by molar-refractivity contribution is -0.130. The predicted molar refractivity (Wildman–Crippen MR) is 113 cm³/mol. The summed E-state index contributed by atoms with van der Waals surface area (Å²) in [6.07, 6.45) is 2.04. The van der Waals surface area contributed by atoms with E-state index in [4.69, 9.17) is 4.42 Å². The van der Waals surface area contributed by atoms with Crippen molar-refractivity contribution in [3.05, 3.63) is 78.3 Å². The van der Waals surface area contributed by atoms with Crippen LogP contribution in [0.4, 0.5) is 10.1 Å². The third-order valence-electron chi connectivity index (χ3n) is 5.71. The first-order valence-electron chi connectivity index (χ1n) is 9.85. The van der Waals surface area contributed by atoms with E-state index < -0.39 is 0 Å². The second-order valence-electron chi connectivity index (χ2n) is 7.44. The van der Waals surface area contributed by atoms with E-state index >= 15 is 0 Å². The number of hydrogen-bond acceptors (Lipinski definition) is 3. The lowest BCUT2D eigenvalue weighted by atomic mass is 10.0. The Labute approximate surface area is 168 Å². The van der Waals surface area contributed by atoms with Crippen molar-refractivity contribution in [2.45, 2.75) is 6.42 Å². The van der Waals surface area contributed by atoms with Crippen LogP contribution in [0.25, 0.3) is 21.7 Å². The molecule has 0 atom stereocenters. The molecule has 146 valence electrons. The number of hydrogen-bond donors (Lipinski definition) is 0. The highest BCUT2D eigenvalue weighted by molar-refractivity contribution is 6.08. The van der Waals surface area contributed by atoms with Crippen LogP contribution in [-0.4, -0.2) is 37.0 Å². The summed E-state index contributed by atoms with van der Waals surface area (Å²) in [5.41, 5.74) is 2.74. The average molecular weight is 388 g/mol. The molecule has 3 aromatic carbocycles. The number of rotatable bonds is 3. The Bertz CT molecular complexity index is 1170. The number of carbonyl (C=O) groups excluding carboxylic acids is 1. The second kappa shape index (κ2) is 7.24. The number of furan rings is 1. The Hall–Kier alpha value is -3.34. The third kappa shape index (κ3) is 3.33. The molecule has 0 bridgehead atoms. The summed E-state index contributed by atoms with van der Waals surface area (Å²) in [6, 6.07) is 18.7. The molecular weight excluding hydrogens is 367 g/mol. The fraction of sp³-hybridized carbons (Fsp3) is 0.208. The molecular formula is C24H21FN2O2. The van der Waals surface area contributed by atoms with Gasteiger partial charge >= 0.3 is 0 Å². The van der Waals surface area contributed by atoms with Crippen LogP contribution >= 0.6 is 0 Å². The van der Waals surface area contributed by atoms with Crippen LogP contribution in [0.1, 0.15) is 5.56 Å². The van der Waals surface area contributed by atoms with Gasteiger partial charge in [0.25, 0.3) is 0 Å². The smallest absolute Gasteiger partial charge is 0.227 e. The SMILES string of the molecule is O=C(Cc1coc2ccc3ccccc3c12)N1CCN(c2ccc(F)cc2)CC1. The number of piperazine rings is 1. The van der Waals surface area contributed by atoms with Gasteiger partial charge in [-0.3, -0.25) is 4.79 Å². The van der Waals surface area contributed by atoms with Gasteiger partial charge in [-0.15, -0.1) is 0 Å². The van der Waals surface area contributed by atoms with Crippen molar-refractivity contribution >= 4 is 33.3 Å². The first-order chi connectivity index (χ1) is 14.2. The number of nitrogens with zero attached hydrogens (tertiary/aromatic N) is 2. The van der Waals surface area contributed by atoms with Crippen molar-refractivity contribution in [1.82, 2.24) is 4.90 Å². The summed E-state index contributed by atoms with van der Waals surface area (Å²) >= 11 is 0. The minimum atomic E-state index is -0.234. The summed E-state index contributed by atoms with van der Waals surface area (Å²) in [4.78, 5) is 17.0. The molecule has 1 aliphatic heterocycles. The Kier molecular flexibility index (Phi) is 4.43. The number of halogens is 1. The van der Waals surface area contributed by atoms with E-state index in [-0.39, 0.29) is 11.7 Å². The van der Waals surface area contributed by atoms with Gasteiger partial charge < -0.3 is 14.2 Å². The zero-order valence-electron chi connectivity index (χ0n) is 16.0. The van der Waals surface area contributed by atoms with E-state index in [2.05, 4.69) is 17.0 Å². The maximum atomic E-state index is 13.1. The summed E-state index contributed by atoms with van der Waals surface area (Å²) in [5.74, 6) is -0.123. The molecule has 29 heavy (non-hydrogen) atoms.